The minimum absolute atomic E-state index is 0.144. The van der Waals surface area contributed by atoms with Crippen LogP contribution < -0.4 is 9.96 Å². The number of carboxylic acid groups (broad SMARTS) is 1. The monoisotopic (exact) mass is 428 g/mol. The van der Waals surface area contributed by atoms with E-state index in [2.05, 4.69) is 0 Å². The highest BCUT2D eigenvalue weighted by Gasteiger charge is 2.60. The third kappa shape index (κ3) is 3.14. The van der Waals surface area contributed by atoms with Crippen molar-refractivity contribution in [2.24, 2.45) is 5.92 Å². The van der Waals surface area contributed by atoms with Crippen LogP contribution in [0.4, 0.5) is 11.4 Å². The van der Waals surface area contributed by atoms with Crippen LogP contribution in [0.1, 0.15) is 27.5 Å². The molecule has 0 aromatic heterocycles. The van der Waals surface area contributed by atoms with Gasteiger partial charge in [0.25, 0.3) is 5.91 Å². The maximum atomic E-state index is 13.5. The molecule has 7 nitrogen and oxygen atoms in total. The summed E-state index contributed by atoms with van der Waals surface area (Å²) >= 11 is 0. The molecule has 2 fully saturated rings. The van der Waals surface area contributed by atoms with Crippen molar-refractivity contribution >= 4 is 29.2 Å². The average Bonchev–Trinajstić information content (AvgIpc) is 3.31. The summed E-state index contributed by atoms with van der Waals surface area (Å²) in [6.07, 6.45) is -0.965. The minimum atomic E-state index is -1.03. The van der Waals surface area contributed by atoms with Crippen LogP contribution in [0.3, 0.4) is 0 Å². The first-order chi connectivity index (χ1) is 15.5. The second-order valence-corrected chi connectivity index (χ2v) is 7.93. The Hall–Kier alpha value is -3.97. The SMILES string of the molecule is Cc1ccc(N2C(=O)[C@H]3[C@@H](c4ccc(C(=O)O)cc4)N(c4ccccc4)O[C@H]3C2=O)cc1. The second kappa shape index (κ2) is 7.62. The molecule has 7 heteroatoms. The Bertz CT molecular complexity index is 1190. The molecule has 160 valence electrons. The van der Waals surface area contributed by atoms with Crippen molar-refractivity contribution in [2.75, 3.05) is 9.96 Å². The third-order valence-electron chi connectivity index (χ3n) is 5.92. The maximum absolute atomic E-state index is 13.5. The van der Waals surface area contributed by atoms with Crippen molar-refractivity contribution < 1.29 is 24.3 Å². The third-order valence-corrected chi connectivity index (χ3v) is 5.92. The van der Waals surface area contributed by atoms with E-state index in [0.717, 1.165) is 5.56 Å². The van der Waals surface area contributed by atoms with E-state index in [-0.39, 0.29) is 11.5 Å². The summed E-state index contributed by atoms with van der Waals surface area (Å²) in [5, 5.41) is 10.8. The fraction of sp³-hybridized carbons (Fsp3) is 0.160. The summed E-state index contributed by atoms with van der Waals surface area (Å²) in [6.45, 7) is 1.93. The highest BCUT2D eigenvalue weighted by molar-refractivity contribution is 6.23. The van der Waals surface area contributed by atoms with Crippen molar-refractivity contribution in [3.63, 3.8) is 0 Å². The lowest BCUT2D eigenvalue weighted by Crippen LogP contribution is -2.37. The number of carboxylic acids is 1. The molecule has 2 aliphatic heterocycles. The van der Waals surface area contributed by atoms with Crippen molar-refractivity contribution in [3.8, 4) is 0 Å². The number of amides is 2. The molecular weight excluding hydrogens is 408 g/mol. The van der Waals surface area contributed by atoms with Gasteiger partial charge in [-0.3, -0.25) is 14.4 Å². The lowest BCUT2D eigenvalue weighted by Gasteiger charge is -2.28. The van der Waals surface area contributed by atoms with Crippen molar-refractivity contribution in [3.05, 3.63) is 95.6 Å². The number of hydrogen-bond acceptors (Lipinski definition) is 5. The fourth-order valence-corrected chi connectivity index (χ4v) is 4.32. The zero-order valence-corrected chi connectivity index (χ0v) is 17.2. The largest absolute Gasteiger partial charge is 0.478 e. The van der Waals surface area contributed by atoms with Crippen LogP contribution in [0.5, 0.6) is 0 Å². The lowest BCUT2D eigenvalue weighted by molar-refractivity contribution is -0.126. The Kier molecular flexibility index (Phi) is 4.75. The Morgan fingerprint density at radius 2 is 1.50 bits per heavy atom. The zero-order valence-electron chi connectivity index (χ0n) is 17.2. The number of para-hydroxylation sites is 1. The summed E-state index contributed by atoms with van der Waals surface area (Å²) in [6, 6.07) is 22.2. The van der Waals surface area contributed by atoms with Crippen molar-refractivity contribution in [2.45, 2.75) is 19.1 Å². The Labute approximate surface area is 184 Å². The van der Waals surface area contributed by atoms with Crippen LogP contribution >= 0.6 is 0 Å². The highest BCUT2D eigenvalue weighted by Crippen LogP contribution is 2.47. The van der Waals surface area contributed by atoms with Gasteiger partial charge in [0.2, 0.25) is 5.91 Å². The molecule has 1 N–H and O–H groups in total. The van der Waals surface area contributed by atoms with Gasteiger partial charge in [-0.15, -0.1) is 0 Å². The Balaban J connectivity index is 1.57. The quantitative estimate of drug-likeness (QED) is 0.637. The second-order valence-electron chi connectivity index (χ2n) is 7.93. The number of hydroxylamine groups is 1. The van der Waals surface area contributed by atoms with Gasteiger partial charge in [-0.1, -0.05) is 48.0 Å². The number of fused-ring (bicyclic) bond motifs is 1. The summed E-state index contributed by atoms with van der Waals surface area (Å²) in [5.74, 6) is -2.54. The molecule has 2 heterocycles. The number of carbonyl (C=O) groups is 3. The summed E-state index contributed by atoms with van der Waals surface area (Å²) in [5.41, 5.74) is 3.08. The Morgan fingerprint density at radius 3 is 2.12 bits per heavy atom. The van der Waals surface area contributed by atoms with E-state index in [1.165, 1.54) is 17.0 Å². The number of rotatable bonds is 4. The van der Waals surface area contributed by atoms with Gasteiger partial charge in [-0.05, 0) is 48.9 Å². The first-order valence-electron chi connectivity index (χ1n) is 10.2. The lowest BCUT2D eigenvalue weighted by atomic mass is 9.90. The van der Waals surface area contributed by atoms with Gasteiger partial charge in [0, 0.05) is 0 Å². The van der Waals surface area contributed by atoms with Crippen LogP contribution in [0.25, 0.3) is 0 Å². The van der Waals surface area contributed by atoms with E-state index in [1.54, 1.807) is 29.3 Å². The molecule has 3 aromatic rings. The summed E-state index contributed by atoms with van der Waals surface area (Å²) in [4.78, 5) is 45.3. The van der Waals surface area contributed by atoms with Gasteiger partial charge in [-0.25, -0.2) is 14.8 Å². The predicted octanol–water partition coefficient (Wildman–Crippen LogP) is 3.74. The number of aromatic carboxylic acids is 1. The predicted molar refractivity (Wildman–Crippen MR) is 117 cm³/mol. The number of benzene rings is 3. The topological polar surface area (TPSA) is 87.2 Å². The number of imide groups is 1. The molecule has 0 unspecified atom stereocenters. The van der Waals surface area contributed by atoms with Gasteiger partial charge in [0.05, 0.1) is 23.0 Å². The van der Waals surface area contributed by atoms with E-state index < -0.39 is 29.9 Å². The molecule has 2 saturated heterocycles. The minimum Gasteiger partial charge on any atom is -0.478 e. The molecule has 0 spiro atoms. The molecule has 2 amide bonds. The molecule has 0 bridgehead atoms. The molecule has 3 atom stereocenters. The van der Waals surface area contributed by atoms with E-state index in [1.807, 2.05) is 49.4 Å². The molecule has 32 heavy (non-hydrogen) atoms. The molecule has 3 aromatic carbocycles. The molecule has 0 aliphatic carbocycles. The standard InChI is InChI=1S/C25H20N2O5/c1-15-7-13-18(14-8-15)26-23(28)20-21(16-9-11-17(12-10-16)25(30)31)27(32-22(20)24(26)29)19-5-3-2-4-6-19/h2-14,20-22H,1H3,(H,30,31)/t20-,21+,22+/m0/s1. The molecular formula is C25H20N2O5. The molecule has 0 radical (unpaired) electrons. The Morgan fingerprint density at radius 1 is 0.844 bits per heavy atom. The van der Waals surface area contributed by atoms with Gasteiger partial charge >= 0.3 is 5.97 Å². The number of anilines is 2. The molecule has 5 rings (SSSR count). The smallest absolute Gasteiger partial charge is 0.335 e. The number of hydrogen-bond donors (Lipinski definition) is 1. The number of nitrogens with zero attached hydrogens (tertiary/aromatic N) is 2. The van der Waals surface area contributed by atoms with Gasteiger partial charge in [0.1, 0.15) is 5.92 Å². The van der Waals surface area contributed by atoms with E-state index >= 15 is 0 Å². The first-order valence-corrected chi connectivity index (χ1v) is 10.2. The summed E-state index contributed by atoms with van der Waals surface area (Å²) < 4.78 is 0. The maximum Gasteiger partial charge on any atom is 0.335 e. The first kappa shape index (κ1) is 20.0. The van der Waals surface area contributed by atoms with Crippen LogP contribution in [0.15, 0.2) is 78.9 Å². The number of aryl methyl sites for hydroxylation is 1. The normalized spacial score (nSPS) is 22.3. The molecule has 2 aliphatic rings. The van der Waals surface area contributed by atoms with Gasteiger partial charge < -0.3 is 5.11 Å². The van der Waals surface area contributed by atoms with E-state index in [9.17, 15) is 19.5 Å². The summed E-state index contributed by atoms with van der Waals surface area (Å²) in [7, 11) is 0. The van der Waals surface area contributed by atoms with Gasteiger partial charge in [0.15, 0.2) is 6.10 Å². The molecule has 0 saturated carbocycles. The van der Waals surface area contributed by atoms with Crippen LogP contribution in [-0.2, 0) is 14.4 Å². The van der Waals surface area contributed by atoms with Crippen molar-refractivity contribution in [1.29, 1.82) is 0 Å². The van der Waals surface area contributed by atoms with E-state index in [0.29, 0.717) is 16.9 Å². The van der Waals surface area contributed by atoms with Crippen LogP contribution in [0.2, 0.25) is 0 Å². The number of carbonyl (C=O) groups excluding carboxylic acids is 2. The van der Waals surface area contributed by atoms with Crippen molar-refractivity contribution in [1.82, 2.24) is 0 Å². The zero-order chi connectivity index (χ0) is 22.4. The van der Waals surface area contributed by atoms with E-state index in [4.69, 9.17) is 4.84 Å². The highest BCUT2D eigenvalue weighted by atomic mass is 16.7. The average molecular weight is 428 g/mol. The van der Waals surface area contributed by atoms with Crippen LogP contribution in [0, 0.1) is 12.8 Å². The fourth-order valence-electron chi connectivity index (χ4n) is 4.32. The van der Waals surface area contributed by atoms with Crippen LogP contribution in [-0.4, -0.2) is 29.0 Å². The van der Waals surface area contributed by atoms with Gasteiger partial charge in [-0.2, -0.15) is 0 Å².